The molecule has 1 atom stereocenters. The van der Waals surface area contributed by atoms with Crippen LogP contribution in [0.1, 0.15) is 23.6 Å². The van der Waals surface area contributed by atoms with E-state index in [2.05, 4.69) is 4.90 Å². The molecule has 1 amide bonds. The van der Waals surface area contributed by atoms with Crippen molar-refractivity contribution in [2.24, 2.45) is 0 Å². The number of sulfone groups is 1. The Hall–Kier alpha value is -2.36. The van der Waals surface area contributed by atoms with Crippen molar-refractivity contribution in [3.05, 3.63) is 71.3 Å². The highest BCUT2D eigenvalue weighted by Crippen LogP contribution is 2.30. The lowest BCUT2D eigenvalue weighted by molar-refractivity contribution is -0.134. The van der Waals surface area contributed by atoms with E-state index in [1.165, 1.54) is 24.3 Å². The number of carbonyl (C=O) groups is 1. The van der Waals surface area contributed by atoms with Gasteiger partial charge >= 0.3 is 0 Å². The van der Waals surface area contributed by atoms with Gasteiger partial charge in [-0.05, 0) is 48.9 Å². The van der Waals surface area contributed by atoms with Crippen molar-refractivity contribution in [2.45, 2.75) is 18.5 Å². The first-order valence-corrected chi connectivity index (χ1v) is 13.0. The fourth-order valence-corrected chi connectivity index (χ4v) is 6.50. The number of nitrogens with zero attached hydrogens (tertiary/aromatic N) is 3. The van der Waals surface area contributed by atoms with E-state index in [0.29, 0.717) is 32.6 Å². The summed E-state index contributed by atoms with van der Waals surface area (Å²) in [5.74, 6) is -0.344. The van der Waals surface area contributed by atoms with Crippen LogP contribution in [0.3, 0.4) is 0 Å². The number of carbonyl (C=O) groups excluding carboxylic acids is 1. The molecule has 0 saturated carbocycles. The molecule has 2 heterocycles. The van der Waals surface area contributed by atoms with Gasteiger partial charge < -0.3 is 4.90 Å². The number of piperazine rings is 1. The van der Waals surface area contributed by atoms with Gasteiger partial charge in [0, 0.05) is 32.2 Å². The van der Waals surface area contributed by atoms with Crippen molar-refractivity contribution < 1.29 is 22.0 Å². The Balaban J connectivity index is 1.41. The highest BCUT2D eigenvalue weighted by atomic mass is 32.2. The van der Waals surface area contributed by atoms with Gasteiger partial charge in [0.05, 0.1) is 24.1 Å². The Kier molecular flexibility index (Phi) is 7.11. The van der Waals surface area contributed by atoms with Crippen molar-refractivity contribution >= 4 is 15.7 Å². The van der Waals surface area contributed by atoms with Gasteiger partial charge in [-0.1, -0.05) is 24.3 Å². The average molecular weight is 478 g/mol. The molecule has 4 rings (SSSR count). The van der Waals surface area contributed by atoms with Gasteiger partial charge in [0.1, 0.15) is 11.6 Å². The summed E-state index contributed by atoms with van der Waals surface area (Å²) >= 11 is 0. The number of benzene rings is 2. The lowest BCUT2D eigenvalue weighted by Crippen LogP contribution is -2.52. The molecule has 2 aliphatic heterocycles. The van der Waals surface area contributed by atoms with Crippen LogP contribution in [0.25, 0.3) is 0 Å². The van der Waals surface area contributed by atoms with Crippen LogP contribution in [-0.2, 0) is 14.6 Å². The molecular formula is C24H29F2N3O3S. The predicted octanol–water partition coefficient (Wildman–Crippen LogP) is 2.32. The van der Waals surface area contributed by atoms with Crippen LogP contribution >= 0.6 is 0 Å². The Labute approximate surface area is 193 Å². The van der Waals surface area contributed by atoms with Crippen molar-refractivity contribution in [1.29, 1.82) is 0 Å². The minimum absolute atomic E-state index is 0.0124. The maximum absolute atomic E-state index is 13.5. The predicted molar refractivity (Wildman–Crippen MR) is 122 cm³/mol. The Morgan fingerprint density at radius 3 is 1.94 bits per heavy atom. The Morgan fingerprint density at radius 2 is 1.48 bits per heavy atom. The van der Waals surface area contributed by atoms with Crippen molar-refractivity contribution in [1.82, 2.24) is 14.7 Å². The molecule has 2 aliphatic rings. The van der Waals surface area contributed by atoms with Gasteiger partial charge in [-0.2, -0.15) is 0 Å². The molecule has 178 valence electrons. The minimum atomic E-state index is -3.00. The van der Waals surface area contributed by atoms with Crippen LogP contribution in [0.15, 0.2) is 48.5 Å². The van der Waals surface area contributed by atoms with E-state index in [1.54, 1.807) is 31.3 Å². The summed E-state index contributed by atoms with van der Waals surface area (Å²) in [7, 11) is -1.19. The SMILES string of the molecule is CN(CC(=O)N1CCN(C(c2ccc(F)cc2)c2ccc(F)cc2)CC1)C1CCS(=O)(=O)C1. The number of hydrogen-bond donors (Lipinski definition) is 0. The molecule has 0 aliphatic carbocycles. The molecule has 0 radical (unpaired) electrons. The zero-order valence-electron chi connectivity index (χ0n) is 18.7. The number of hydrogen-bond acceptors (Lipinski definition) is 5. The summed E-state index contributed by atoms with van der Waals surface area (Å²) in [4.78, 5) is 18.7. The van der Waals surface area contributed by atoms with Crippen molar-refractivity contribution in [3.63, 3.8) is 0 Å². The van der Waals surface area contributed by atoms with Crippen molar-refractivity contribution in [3.8, 4) is 0 Å². The smallest absolute Gasteiger partial charge is 0.236 e. The molecule has 9 heteroatoms. The van der Waals surface area contributed by atoms with Gasteiger partial charge in [0.2, 0.25) is 5.91 Å². The Bertz CT molecular complexity index is 1020. The van der Waals surface area contributed by atoms with Crippen LogP contribution in [0.5, 0.6) is 0 Å². The first-order chi connectivity index (χ1) is 15.7. The van der Waals surface area contributed by atoms with E-state index in [0.717, 1.165) is 11.1 Å². The molecule has 0 bridgehead atoms. The standard InChI is InChI=1S/C24H29F2N3O3S/c1-27(22-10-15-33(31,32)17-22)16-23(30)28-11-13-29(14-12-28)24(18-2-6-20(25)7-3-18)19-4-8-21(26)9-5-19/h2-9,22,24H,10-17H2,1H3. The third kappa shape index (κ3) is 5.77. The summed E-state index contributed by atoms with van der Waals surface area (Å²) in [6.45, 7) is 2.50. The molecule has 6 nitrogen and oxygen atoms in total. The van der Waals surface area contributed by atoms with Gasteiger partial charge in [0.15, 0.2) is 9.84 Å². The highest BCUT2D eigenvalue weighted by molar-refractivity contribution is 7.91. The van der Waals surface area contributed by atoms with E-state index in [-0.39, 0.29) is 47.7 Å². The number of amides is 1. The monoisotopic (exact) mass is 477 g/mol. The zero-order valence-corrected chi connectivity index (χ0v) is 19.5. The highest BCUT2D eigenvalue weighted by Gasteiger charge is 2.33. The van der Waals surface area contributed by atoms with Crippen LogP contribution in [0, 0.1) is 11.6 Å². The molecule has 0 aromatic heterocycles. The number of likely N-dealkylation sites (N-methyl/N-ethyl adjacent to an activating group) is 1. The first kappa shape index (κ1) is 23.8. The second-order valence-corrected chi connectivity index (χ2v) is 11.1. The van der Waals surface area contributed by atoms with Crippen molar-refractivity contribution in [2.75, 3.05) is 51.3 Å². The molecule has 2 aromatic carbocycles. The fourth-order valence-electron chi connectivity index (χ4n) is 4.70. The quantitative estimate of drug-likeness (QED) is 0.639. The first-order valence-electron chi connectivity index (χ1n) is 11.2. The molecule has 0 N–H and O–H groups in total. The largest absolute Gasteiger partial charge is 0.339 e. The lowest BCUT2D eigenvalue weighted by atomic mass is 9.96. The molecule has 1 unspecified atom stereocenters. The summed E-state index contributed by atoms with van der Waals surface area (Å²) in [5.41, 5.74) is 1.81. The normalized spacial score (nSPS) is 21.1. The lowest BCUT2D eigenvalue weighted by Gasteiger charge is -2.40. The van der Waals surface area contributed by atoms with E-state index in [1.807, 2.05) is 9.80 Å². The second-order valence-electron chi connectivity index (χ2n) is 8.89. The fraction of sp³-hybridized carbons (Fsp3) is 0.458. The molecule has 0 spiro atoms. The van der Waals surface area contributed by atoms with Gasteiger partial charge in [-0.3, -0.25) is 14.6 Å². The second kappa shape index (κ2) is 9.87. The van der Waals surface area contributed by atoms with E-state index in [9.17, 15) is 22.0 Å². The third-order valence-electron chi connectivity index (χ3n) is 6.62. The molecular weight excluding hydrogens is 448 g/mol. The molecule has 2 saturated heterocycles. The average Bonchev–Trinajstić information content (AvgIpc) is 3.17. The van der Waals surface area contributed by atoms with Crippen LogP contribution < -0.4 is 0 Å². The summed E-state index contributed by atoms with van der Waals surface area (Å²) in [6, 6.07) is 12.4. The van der Waals surface area contributed by atoms with E-state index in [4.69, 9.17) is 0 Å². The summed E-state index contributed by atoms with van der Waals surface area (Å²) < 4.78 is 50.5. The third-order valence-corrected chi connectivity index (χ3v) is 8.37. The molecule has 2 fully saturated rings. The zero-order chi connectivity index (χ0) is 23.6. The van der Waals surface area contributed by atoms with E-state index < -0.39 is 9.84 Å². The maximum atomic E-state index is 13.5. The van der Waals surface area contributed by atoms with E-state index >= 15 is 0 Å². The van der Waals surface area contributed by atoms with Crippen LogP contribution in [-0.4, -0.2) is 86.3 Å². The van der Waals surface area contributed by atoms with Crippen LogP contribution in [0.4, 0.5) is 8.78 Å². The summed E-state index contributed by atoms with van der Waals surface area (Å²) in [6.07, 6.45) is 0.566. The van der Waals surface area contributed by atoms with Crippen LogP contribution in [0.2, 0.25) is 0 Å². The van der Waals surface area contributed by atoms with Gasteiger partial charge in [-0.25, -0.2) is 17.2 Å². The molecule has 2 aromatic rings. The maximum Gasteiger partial charge on any atom is 0.236 e. The topological polar surface area (TPSA) is 60.9 Å². The molecule has 33 heavy (non-hydrogen) atoms. The Morgan fingerprint density at radius 1 is 0.970 bits per heavy atom. The van der Waals surface area contributed by atoms with Gasteiger partial charge in [0.25, 0.3) is 0 Å². The number of halogens is 2. The summed E-state index contributed by atoms with van der Waals surface area (Å²) in [5, 5.41) is 0. The minimum Gasteiger partial charge on any atom is -0.339 e. The number of rotatable bonds is 6. The van der Waals surface area contributed by atoms with Gasteiger partial charge in [-0.15, -0.1) is 0 Å².